The predicted octanol–water partition coefficient (Wildman–Crippen LogP) is 4.09. The Balaban J connectivity index is 1.71. The average molecular weight is 454 g/mol. The first-order valence-corrected chi connectivity index (χ1v) is 11.6. The largest absolute Gasteiger partial charge is 0.497 e. The molecule has 0 bridgehead atoms. The summed E-state index contributed by atoms with van der Waals surface area (Å²) in [7, 11) is 1.66. The number of nitrogens with zero attached hydrogens (tertiary/aromatic N) is 3. The number of fused-ring (bicyclic) bond motifs is 1. The number of aromatic nitrogens is 1. The molecule has 1 N–H and O–H groups in total. The highest BCUT2D eigenvalue weighted by Gasteiger charge is 2.52. The number of aliphatic hydroxyl groups excluding tert-OH is 1. The van der Waals surface area contributed by atoms with Gasteiger partial charge in [-0.2, -0.15) is 0 Å². The van der Waals surface area contributed by atoms with Crippen molar-refractivity contribution in [1.29, 1.82) is 0 Å². The van der Waals surface area contributed by atoms with Crippen LogP contribution in [0.25, 0.3) is 0 Å². The molecular formula is C26H35N3O4. The quantitative estimate of drug-likeness (QED) is 0.752. The number of aryl methyl sites for hydroxylation is 2. The maximum atomic E-state index is 13.0. The van der Waals surface area contributed by atoms with Crippen molar-refractivity contribution >= 4 is 11.9 Å². The first kappa shape index (κ1) is 23.4. The fourth-order valence-corrected chi connectivity index (χ4v) is 5.02. The number of likely N-dealkylation sites (tertiary alicyclic amines) is 1. The molecule has 2 aliphatic heterocycles. The predicted molar refractivity (Wildman–Crippen MR) is 128 cm³/mol. The average Bonchev–Trinajstić information content (AvgIpc) is 3.15. The van der Waals surface area contributed by atoms with E-state index in [2.05, 4.69) is 29.2 Å². The van der Waals surface area contributed by atoms with Crippen molar-refractivity contribution in [3.05, 3.63) is 53.2 Å². The number of rotatable bonds is 4. The van der Waals surface area contributed by atoms with Crippen LogP contribution in [0.15, 0.2) is 36.4 Å². The first-order valence-electron chi connectivity index (χ1n) is 11.6. The molecule has 2 unspecified atom stereocenters. The zero-order chi connectivity index (χ0) is 23.8. The molecule has 1 fully saturated rings. The molecule has 0 saturated carbocycles. The molecule has 2 aromatic rings. The second kappa shape index (κ2) is 8.86. The lowest BCUT2D eigenvalue weighted by Gasteiger charge is -2.46. The second-order valence-electron chi connectivity index (χ2n) is 10.2. The Bertz CT molecular complexity index is 1000. The lowest BCUT2D eigenvalue weighted by molar-refractivity contribution is 0.0169. The van der Waals surface area contributed by atoms with Crippen LogP contribution in [0.2, 0.25) is 0 Å². The monoisotopic (exact) mass is 453 g/mol. The number of anilines is 1. The van der Waals surface area contributed by atoms with Gasteiger partial charge in [0.2, 0.25) is 0 Å². The van der Waals surface area contributed by atoms with Gasteiger partial charge >= 0.3 is 6.09 Å². The molecule has 7 nitrogen and oxygen atoms in total. The van der Waals surface area contributed by atoms with E-state index < -0.39 is 5.60 Å². The van der Waals surface area contributed by atoms with Crippen LogP contribution >= 0.6 is 0 Å². The Morgan fingerprint density at radius 2 is 1.94 bits per heavy atom. The van der Waals surface area contributed by atoms with Crippen molar-refractivity contribution in [2.24, 2.45) is 0 Å². The van der Waals surface area contributed by atoms with Gasteiger partial charge < -0.3 is 24.4 Å². The molecule has 1 amide bonds. The molecule has 1 aromatic heterocycles. The SMILES string of the molecule is COc1ccc(CN2c3nc(C)ccc3CCC23CC(CO)N(C(=O)OC(C)(C)C)C3)cc1. The third kappa shape index (κ3) is 4.78. The summed E-state index contributed by atoms with van der Waals surface area (Å²) >= 11 is 0. The van der Waals surface area contributed by atoms with E-state index in [-0.39, 0.29) is 24.3 Å². The zero-order valence-electron chi connectivity index (χ0n) is 20.3. The molecule has 1 aromatic carbocycles. The number of hydrogen-bond donors (Lipinski definition) is 1. The number of benzene rings is 1. The van der Waals surface area contributed by atoms with Crippen LogP contribution in [0.1, 0.15) is 50.4 Å². The molecule has 3 heterocycles. The summed E-state index contributed by atoms with van der Waals surface area (Å²) in [6.45, 7) is 8.67. The summed E-state index contributed by atoms with van der Waals surface area (Å²) in [5, 5.41) is 10.2. The minimum Gasteiger partial charge on any atom is -0.497 e. The van der Waals surface area contributed by atoms with Gasteiger partial charge in [0.25, 0.3) is 0 Å². The summed E-state index contributed by atoms with van der Waals surface area (Å²) in [6, 6.07) is 12.0. The van der Waals surface area contributed by atoms with E-state index >= 15 is 0 Å². The summed E-state index contributed by atoms with van der Waals surface area (Å²) < 4.78 is 11.0. The van der Waals surface area contributed by atoms with Crippen molar-refractivity contribution < 1.29 is 19.4 Å². The summed E-state index contributed by atoms with van der Waals surface area (Å²) in [5.74, 6) is 1.79. The lowest BCUT2D eigenvalue weighted by Crippen LogP contribution is -2.54. The van der Waals surface area contributed by atoms with E-state index in [1.807, 2.05) is 39.8 Å². The van der Waals surface area contributed by atoms with Gasteiger partial charge in [-0.25, -0.2) is 9.78 Å². The second-order valence-corrected chi connectivity index (χ2v) is 10.2. The lowest BCUT2D eigenvalue weighted by atomic mass is 9.82. The summed E-state index contributed by atoms with van der Waals surface area (Å²) in [6.07, 6.45) is 2.08. The molecule has 0 aliphatic carbocycles. The van der Waals surface area contributed by atoms with Crippen LogP contribution in [-0.4, -0.2) is 58.5 Å². The van der Waals surface area contributed by atoms with E-state index in [0.717, 1.165) is 35.7 Å². The fraction of sp³-hybridized carbons (Fsp3) is 0.538. The van der Waals surface area contributed by atoms with Crippen LogP contribution in [0.5, 0.6) is 5.75 Å². The molecule has 7 heteroatoms. The Hall–Kier alpha value is -2.80. The van der Waals surface area contributed by atoms with E-state index in [4.69, 9.17) is 14.5 Å². The standard InChI is InChI=1S/C26H35N3O4/c1-18-6-9-20-12-13-26(14-21(16-30)28(17-26)24(31)33-25(2,3)4)29(23(20)27-18)15-19-7-10-22(32-5)11-8-19/h6-11,21,30H,12-17H2,1-5H3. The van der Waals surface area contributed by atoms with Gasteiger partial charge in [0.15, 0.2) is 0 Å². The number of ether oxygens (including phenoxy) is 2. The fourth-order valence-electron chi connectivity index (χ4n) is 5.02. The zero-order valence-corrected chi connectivity index (χ0v) is 20.3. The van der Waals surface area contributed by atoms with Crippen molar-refractivity contribution in [2.45, 2.75) is 70.7 Å². The van der Waals surface area contributed by atoms with E-state index in [1.54, 1.807) is 12.0 Å². The number of amides is 1. The molecular weight excluding hydrogens is 418 g/mol. The van der Waals surface area contributed by atoms with Gasteiger partial charge in [-0.15, -0.1) is 0 Å². The number of carbonyl (C=O) groups is 1. The van der Waals surface area contributed by atoms with Crippen LogP contribution < -0.4 is 9.64 Å². The summed E-state index contributed by atoms with van der Waals surface area (Å²) in [5.41, 5.74) is 2.41. The summed E-state index contributed by atoms with van der Waals surface area (Å²) in [4.78, 5) is 22.0. The maximum absolute atomic E-state index is 13.0. The minimum absolute atomic E-state index is 0.0918. The van der Waals surface area contributed by atoms with E-state index in [9.17, 15) is 9.90 Å². The third-order valence-electron chi connectivity index (χ3n) is 6.64. The molecule has 2 aliphatic rings. The van der Waals surface area contributed by atoms with Crippen molar-refractivity contribution in [3.8, 4) is 5.75 Å². The highest BCUT2D eigenvalue weighted by molar-refractivity contribution is 5.70. The van der Waals surface area contributed by atoms with Crippen LogP contribution in [-0.2, 0) is 17.7 Å². The number of hydrogen-bond acceptors (Lipinski definition) is 6. The van der Waals surface area contributed by atoms with Crippen LogP contribution in [0, 0.1) is 6.92 Å². The van der Waals surface area contributed by atoms with E-state index in [1.165, 1.54) is 5.56 Å². The van der Waals surface area contributed by atoms with Crippen molar-refractivity contribution in [1.82, 2.24) is 9.88 Å². The van der Waals surface area contributed by atoms with Gasteiger partial charge in [-0.05, 0) is 76.3 Å². The highest BCUT2D eigenvalue weighted by Crippen LogP contribution is 2.44. The maximum Gasteiger partial charge on any atom is 0.410 e. The van der Waals surface area contributed by atoms with Crippen LogP contribution in [0.3, 0.4) is 0 Å². The molecule has 178 valence electrons. The first-order chi connectivity index (χ1) is 15.6. The van der Waals surface area contributed by atoms with E-state index in [0.29, 0.717) is 19.5 Å². The van der Waals surface area contributed by atoms with Gasteiger partial charge in [-0.1, -0.05) is 18.2 Å². The Kier molecular flexibility index (Phi) is 6.27. The van der Waals surface area contributed by atoms with Gasteiger partial charge in [-0.3, -0.25) is 0 Å². The Morgan fingerprint density at radius 1 is 1.21 bits per heavy atom. The van der Waals surface area contributed by atoms with Gasteiger partial charge in [0.1, 0.15) is 17.2 Å². The Labute approximate surface area is 196 Å². The van der Waals surface area contributed by atoms with Gasteiger partial charge in [0.05, 0.1) is 25.3 Å². The molecule has 4 rings (SSSR count). The molecule has 33 heavy (non-hydrogen) atoms. The third-order valence-corrected chi connectivity index (χ3v) is 6.64. The molecule has 1 saturated heterocycles. The normalized spacial score (nSPS) is 22.4. The van der Waals surface area contributed by atoms with Gasteiger partial charge in [0, 0.05) is 18.8 Å². The molecule has 2 atom stereocenters. The van der Waals surface area contributed by atoms with Crippen molar-refractivity contribution in [3.63, 3.8) is 0 Å². The Morgan fingerprint density at radius 3 is 2.58 bits per heavy atom. The number of aliphatic hydroxyl groups is 1. The number of methoxy groups -OCH3 is 1. The smallest absolute Gasteiger partial charge is 0.410 e. The minimum atomic E-state index is -0.590. The topological polar surface area (TPSA) is 75.1 Å². The number of pyridine rings is 1. The number of carbonyl (C=O) groups excluding carboxylic acids is 1. The highest BCUT2D eigenvalue weighted by atomic mass is 16.6. The molecule has 0 radical (unpaired) electrons. The molecule has 1 spiro atoms. The van der Waals surface area contributed by atoms with Crippen molar-refractivity contribution in [2.75, 3.05) is 25.2 Å². The van der Waals surface area contributed by atoms with Crippen LogP contribution in [0.4, 0.5) is 10.6 Å².